The molecule has 1 aromatic carbocycles. The fourth-order valence-electron chi connectivity index (χ4n) is 1.70. The van der Waals surface area contributed by atoms with Crippen LogP contribution in [0.5, 0.6) is 0 Å². The highest BCUT2D eigenvalue weighted by molar-refractivity contribution is 7.99. The molecule has 1 aliphatic heterocycles. The fraction of sp³-hybridized carbons (Fsp3) is 0.182. The van der Waals surface area contributed by atoms with Crippen molar-refractivity contribution in [1.82, 2.24) is 10.3 Å². The molecule has 2 heterocycles. The summed E-state index contributed by atoms with van der Waals surface area (Å²) >= 11 is 1.78. The van der Waals surface area contributed by atoms with Gasteiger partial charge in [0.05, 0.1) is 5.52 Å². The summed E-state index contributed by atoms with van der Waals surface area (Å²) in [4.78, 5) is 4.64. The SMILES string of the molecule is c1ccc2nc3c(cc2c1)CNCS3. The molecule has 1 N–H and O–H groups in total. The van der Waals surface area contributed by atoms with Crippen molar-refractivity contribution in [3.8, 4) is 0 Å². The molecule has 0 fully saturated rings. The van der Waals surface area contributed by atoms with E-state index in [4.69, 9.17) is 0 Å². The van der Waals surface area contributed by atoms with Gasteiger partial charge in [0, 0.05) is 17.8 Å². The van der Waals surface area contributed by atoms with Crippen molar-refractivity contribution in [3.63, 3.8) is 0 Å². The van der Waals surface area contributed by atoms with Crippen molar-refractivity contribution in [3.05, 3.63) is 35.9 Å². The van der Waals surface area contributed by atoms with E-state index in [0.717, 1.165) is 17.9 Å². The molecule has 0 radical (unpaired) electrons. The quantitative estimate of drug-likeness (QED) is 0.710. The van der Waals surface area contributed by atoms with Gasteiger partial charge in [-0.2, -0.15) is 0 Å². The summed E-state index contributed by atoms with van der Waals surface area (Å²) in [5.74, 6) is 0.971. The maximum absolute atomic E-state index is 4.64. The van der Waals surface area contributed by atoms with E-state index in [1.807, 2.05) is 6.07 Å². The summed E-state index contributed by atoms with van der Waals surface area (Å²) in [7, 11) is 0. The van der Waals surface area contributed by atoms with Gasteiger partial charge in [-0.3, -0.25) is 0 Å². The predicted molar refractivity (Wildman–Crippen MR) is 59.3 cm³/mol. The first-order valence-corrected chi connectivity index (χ1v) is 5.64. The number of hydrogen-bond acceptors (Lipinski definition) is 3. The highest BCUT2D eigenvalue weighted by atomic mass is 32.2. The van der Waals surface area contributed by atoms with Gasteiger partial charge in [-0.1, -0.05) is 30.0 Å². The van der Waals surface area contributed by atoms with Gasteiger partial charge in [-0.25, -0.2) is 4.98 Å². The Morgan fingerprint density at radius 3 is 3.21 bits per heavy atom. The average Bonchev–Trinajstić information content (AvgIpc) is 2.26. The van der Waals surface area contributed by atoms with Crippen LogP contribution in [0.25, 0.3) is 10.9 Å². The molecule has 1 aliphatic rings. The van der Waals surface area contributed by atoms with Gasteiger partial charge in [0.25, 0.3) is 0 Å². The second kappa shape index (κ2) is 3.26. The summed E-state index contributed by atoms with van der Waals surface area (Å²) in [6, 6.07) is 10.5. The van der Waals surface area contributed by atoms with E-state index >= 15 is 0 Å². The first-order chi connectivity index (χ1) is 6.93. The minimum Gasteiger partial charge on any atom is -0.303 e. The van der Waals surface area contributed by atoms with E-state index in [-0.39, 0.29) is 0 Å². The van der Waals surface area contributed by atoms with Crippen molar-refractivity contribution in [2.24, 2.45) is 0 Å². The lowest BCUT2D eigenvalue weighted by atomic mass is 10.1. The third-order valence-corrected chi connectivity index (χ3v) is 3.36. The maximum atomic E-state index is 4.64. The number of thioether (sulfide) groups is 1. The topological polar surface area (TPSA) is 24.9 Å². The van der Waals surface area contributed by atoms with Crippen LogP contribution >= 0.6 is 11.8 Å². The van der Waals surface area contributed by atoms with Gasteiger partial charge < -0.3 is 5.32 Å². The van der Waals surface area contributed by atoms with E-state index < -0.39 is 0 Å². The molecule has 0 atom stereocenters. The number of hydrogen-bond donors (Lipinski definition) is 1. The van der Waals surface area contributed by atoms with Gasteiger partial charge in [-0.15, -0.1) is 0 Å². The minimum atomic E-state index is 0.945. The number of nitrogens with zero attached hydrogens (tertiary/aromatic N) is 1. The normalized spacial score (nSPS) is 15.4. The molecule has 3 rings (SSSR count). The summed E-state index contributed by atoms with van der Waals surface area (Å²) in [5, 5.41) is 5.74. The molecule has 2 nitrogen and oxygen atoms in total. The molecule has 0 amide bonds. The zero-order valence-electron chi connectivity index (χ0n) is 7.66. The standard InChI is InChI=1S/C11H10N2S/c1-2-4-10-8(3-1)5-9-6-12-7-14-11(9)13-10/h1-5,12H,6-7H2. The Balaban J connectivity index is 2.27. The van der Waals surface area contributed by atoms with Gasteiger partial charge in [0.2, 0.25) is 0 Å². The van der Waals surface area contributed by atoms with Gasteiger partial charge in [0.1, 0.15) is 5.03 Å². The first kappa shape index (κ1) is 8.26. The van der Waals surface area contributed by atoms with Crippen LogP contribution in [-0.2, 0) is 6.54 Å². The largest absolute Gasteiger partial charge is 0.303 e. The number of rotatable bonds is 0. The molecule has 3 heteroatoms. The molecule has 1 aromatic heterocycles. The van der Waals surface area contributed by atoms with Gasteiger partial charge >= 0.3 is 0 Å². The van der Waals surface area contributed by atoms with Crippen molar-refractivity contribution >= 4 is 22.7 Å². The summed E-state index contributed by atoms with van der Waals surface area (Å²) in [5.41, 5.74) is 2.42. The van der Waals surface area contributed by atoms with E-state index in [9.17, 15) is 0 Å². The highest BCUT2D eigenvalue weighted by Crippen LogP contribution is 2.26. The molecule has 14 heavy (non-hydrogen) atoms. The van der Waals surface area contributed by atoms with Crippen LogP contribution in [0.1, 0.15) is 5.56 Å². The molecular formula is C11H10N2S. The van der Waals surface area contributed by atoms with Crippen LogP contribution in [0.3, 0.4) is 0 Å². The highest BCUT2D eigenvalue weighted by Gasteiger charge is 2.10. The molecule has 0 saturated heterocycles. The molecule has 0 bridgehead atoms. The predicted octanol–water partition coefficient (Wildman–Crippen LogP) is 2.39. The molecular weight excluding hydrogens is 192 g/mol. The monoisotopic (exact) mass is 202 g/mol. The fourth-order valence-corrected chi connectivity index (χ4v) is 2.52. The van der Waals surface area contributed by atoms with Crippen molar-refractivity contribution < 1.29 is 0 Å². The molecule has 0 saturated carbocycles. The molecule has 0 aliphatic carbocycles. The zero-order valence-corrected chi connectivity index (χ0v) is 8.47. The molecule has 70 valence electrons. The van der Waals surface area contributed by atoms with Crippen molar-refractivity contribution in [2.45, 2.75) is 11.6 Å². The van der Waals surface area contributed by atoms with Crippen LogP contribution in [0.15, 0.2) is 35.4 Å². The van der Waals surface area contributed by atoms with E-state index in [2.05, 4.69) is 34.6 Å². The molecule has 2 aromatic rings. The van der Waals surface area contributed by atoms with Crippen LogP contribution in [0.4, 0.5) is 0 Å². The second-order valence-electron chi connectivity index (χ2n) is 3.36. The first-order valence-electron chi connectivity index (χ1n) is 4.66. The van der Waals surface area contributed by atoms with Crippen molar-refractivity contribution in [1.29, 1.82) is 0 Å². The third kappa shape index (κ3) is 1.29. The Labute approximate surface area is 86.7 Å². The number of para-hydroxylation sites is 1. The lowest BCUT2D eigenvalue weighted by Crippen LogP contribution is -2.18. The lowest BCUT2D eigenvalue weighted by Gasteiger charge is -2.15. The number of pyridine rings is 1. The third-order valence-electron chi connectivity index (χ3n) is 2.39. The summed E-state index contributed by atoms with van der Waals surface area (Å²) < 4.78 is 0. The molecule has 0 unspecified atom stereocenters. The minimum absolute atomic E-state index is 0.945. The van der Waals surface area contributed by atoms with E-state index in [0.29, 0.717) is 0 Å². The summed E-state index contributed by atoms with van der Waals surface area (Å²) in [6.07, 6.45) is 0. The Morgan fingerprint density at radius 1 is 1.29 bits per heavy atom. The number of benzene rings is 1. The Kier molecular flexibility index (Phi) is 1.92. The number of aromatic nitrogens is 1. The number of fused-ring (bicyclic) bond motifs is 2. The van der Waals surface area contributed by atoms with E-state index in [1.165, 1.54) is 16.0 Å². The van der Waals surface area contributed by atoms with E-state index in [1.54, 1.807) is 11.8 Å². The van der Waals surface area contributed by atoms with Crippen LogP contribution in [-0.4, -0.2) is 10.9 Å². The summed E-state index contributed by atoms with van der Waals surface area (Å²) in [6.45, 7) is 0.945. The smallest absolute Gasteiger partial charge is 0.102 e. The maximum Gasteiger partial charge on any atom is 0.102 e. The second-order valence-corrected chi connectivity index (χ2v) is 4.32. The van der Waals surface area contributed by atoms with Gasteiger partial charge in [0.15, 0.2) is 0 Å². The molecule has 0 spiro atoms. The van der Waals surface area contributed by atoms with Crippen LogP contribution in [0, 0.1) is 0 Å². The van der Waals surface area contributed by atoms with Crippen LogP contribution < -0.4 is 5.32 Å². The Hall–Kier alpha value is -1.06. The lowest BCUT2D eigenvalue weighted by molar-refractivity contribution is 0.755. The van der Waals surface area contributed by atoms with Gasteiger partial charge in [-0.05, 0) is 17.7 Å². The Morgan fingerprint density at radius 2 is 2.21 bits per heavy atom. The average molecular weight is 202 g/mol. The number of nitrogens with one attached hydrogen (secondary N) is 1. The zero-order chi connectivity index (χ0) is 9.38. The van der Waals surface area contributed by atoms with Crippen molar-refractivity contribution in [2.75, 3.05) is 5.88 Å². The Bertz CT molecular complexity index is 437. The van der Waals surface area contributed by atoms with Crippen LogP contribution in [0.2, 0.25) is 0 Å².